The second kappa shape index (κ2) is 7.58. The van der Waals surface area contributed by atoms with Crippen LogP contribution in [0.25, 0.3) is 0 Å². The summed E-state index contributed by atoms with van der Waals surface area (Å²) in [6, 6.07) is 14.5. The largest absolute Gasteiger partial charge is 0.366 e. The molecule has 114 valence electrons. The van der Waals surface area contributed by atoms with Crippen LogP contribution in [-0.2, 0) is 13.1 Å². The molecule has 1 aromatic carbocycles. The van der Waals surface area contributed by atoms with E-state index in [0.29, 0.717) is 12.2 Å². The summed E-state index contributed by atoms with van der Waals surface area (Å²) in [5.41, 5.74) is 3.89. The fourth-order valence-electron chi connectivity index (χ4n) is 2.19. The normalized spacial score (nSPS) is 10.5. The first-order valence-electron chi connectivity index (χ1n) is 7.50. The Morgan fingerprint density at radius 1 is 1.23 bits per heavy atom. The van der Waals surface area contributed by atoms with Gasteiger partial charge in [-0.15, -0.1) is 0 Å². The number of aromatic nitrogens is 1. The van der Waals surface area contributed by atoms with Gasteiger partial charge in [0.1, 0.15) is 17.6 Å². The van der Waals surface area contributed by atoms with Gasteiger partial charge in [-0.25, -0.2) is 4.98 Å². The van der Waals surface area contributed by atoms with Gasteiger partial charge in [-0.3, -0.25) is 0 Å². The minimum absolute atomic E-state index is 0.475. The van der Waals surface area contributed by atoms with Crippen LogP contribution in [0.3, 0.4) is 0 Å². The Bertz CT molecular complexity index is 673. The standard InChI is InChI=1S/C18H22N4/c1-4-22(3)13-16-7-5-6-15(10-16)12-20-18-9-8-14(2)17(11-19)21-18/h5-10H,4,12-13H2,1-3H3,(H,20,21). The SMILES string of the molecule is CCN(C)Cc1cccc(CNc2ccc(C)c(C#N)n2)c1. The number of rotatable bonds is 6. The Morgan fingerprint density at radius 2 is 2.00 bits per heavy atom. The van der Waals surface area contributed by atoms with Gasteiger partial charge in [0.05, 0.1) is 0 Å². The fraction of sp³-hybridized carbons (Fsp3) is 0.333. The van der Waals surface area contributed by atoms with Gasteiger partial charge in [-0.2, -0.15) is 5.26 Å². The van der Waals surface area contributed by atoms with Gasteiger partial charge in [-0.1, -0.05) is 37.3 Å². The van der Waals surface area contributed by atoms with Crippen molar-refractivity contribution in [2.75, 3.05) is 18.9 Å². The molecule has 0 spiro atoms. The summed E-state index contributed by atoms with van der Waals surface area (Å²) in [4.78, 5) is 6.58. The number of pyridine rings is 1. The number of nitriles is 1. The van der Waals surface area contributed by atoms with Crippen molar-refractivity contribution in [3.63, 3.8) is 0 Å². The van der Waals surface area contributed by atoms with Gasteiger partial charge in [0, 0.05) is 13.1 Å². The summed E-state index contributed by atoms with van der Waals surface area (Å²) in [6.45, 7) is 6.73. The molecule has 2 rings (SSSR count). The predicted molar refractivity (Wildman–Crippen MR) is 89.5 cm³/mol. The zero-order chi connectivity index (χ0) is 15.9. The Balaban J connectivity index is 2.02. The first-order chi connectivity index (χ1) is 10.6. The van der Waals surface area contributed by atoms with E-state index in [2.05, 4.69) is 59.5 Å². The maximum absolute atomic E-state index is 9.03. The van der Waals surface area contributed by atoms with Crippen LogP contribution in [0.2, 0.25) is 0 Å². The van der Waals surface area contributed by atoms with E-state index >= 15 is 0 Å². The van der Waals surface area contributed by atoms with Gasteiger partial charge in [0.2, 0.25) is 0 Å². The highest BCUT2D eigenvalue weighted by molar-refractivity contribution is 5.43. The van der Waals surface area contributed by atoms with Crippen molar-refractivity contribution in [1.82, 2.24) is 9.88 Å². The van der Waals surface area contributed by atoms with Crippen LogP contribution in [-0.4, -0.2) is 23.5 Å². The van der Waals surface area contributed by atoms with Gasteiger partial charge < -0.3 is 10.2 Å². The molecule has 0 radical (unpaired) electrons. The molecule has 0 aliphatic heterocycles. The predicted octanol–water partition coefficient (Wildman–Crippen LogP) is 3.33. The number of nitrogens with one attached hydrogen (secondary N) is 1. The van der Waals surface area contributed by atoms with Crippen molar-refractivity contribution in [3.05, 3.63) is 58.8 Å². The third kappa shape index (κ3) is 4.31. The molecular weight excluding hydrogens is 272 g/mol. The van der Waals surface area contributed by atoms with Crippen LogP contribution in [0.5, 0.6) is 0 Å². The summed E-state index contributed by atoms with van der Waals surface area (Å²) in [6.07, 6.45) is 0. The van der Waals surface area contributed by atoms with E-state index < -0.39 is 0 Å². The Labute approximate surface area is 132 Å². The molecule has 0 unspecified atom stereocenters. The first-order valence-corrected chi connectivity index (χ1v) is 7.50. The van der Waals surface area contributed by atoms with E-state index in [9.17, 15) is 0 Å². The van der Waals surface area contributed by atoms with Crippen LogP contribution in [0.1, 0.15) is 29.3 Å². The summed E-state index contributed by atoms with van der Waals surface area (Å²) < 4.78 is 0. The van der Waals surface area contributed by atoms with Crippen LogP contribution < -0.4 is 5.32 Å². The molecule has 2 aromatic rings. The Morgan fingerprint density at radius 3 is 2.73 bits per heavy atom. The molecule has 0 bridgehead atoms. The molecule has 1 heterocycles. The topological polar surface area (TPSA) is 52.0 Å². The third-order valence-electron chi connectivity index (χ3n) is 3.66. The molecule has 0 saturated heterocycles. The number of hydrogen-bond donors (Lipinski definition) is 1. The molecule has 0 aliphatic rings. The molecule has 4 heteroatoms. The molecule has 0 saturated carbocycles. The summed E-state index contributed by atoms with van der Waals surface area (Å²) >= 11 is 0. The van der Waals surface area contributed by atoms with Crippen molar-refractivity contribution < 1.29 is 0 Å². The van der Waals surface area contributed by atoms with Crippen molar-refractivity contribution in [1.29, 1.82) is 5.26 Å². The lowest BCUT2D eigenvalue weighted by molar-refractivity contribution is 0.345. The first kappa shape index (κ1) is 16.0. The lowest BCUT2D eigenvalue weighted by Gasteiger charge is -2.14. The molecule has 1 N–H and O–H groups in total. The Hall–Kier alpha value is -2.38. The number of aryl methyl sites for hydroxylation is 1. The van der Waals surface area contributed by atoms with Crippen molar-refractivity contribution in [2.45, 2.75) is 26.9 Å². The molecule has 1 aromatic heterocycles. The van der Waals surface area contributed by atoms with E-state index in [0.717, 1.165) is 24.5 Å². The van der Waals surface area contributed by atoms with Crippen LogP contribution >= 0.6 is 0 Å². The Kier molecular flexibility index (Phi) is 5.51. The lowest BCUT2D eigenvalue weighted by Crippen LogP contribution is -2.16. The van der Waals surface area contributed by atoms with Crippen molar-refractivity contribution in [3.8, 4) is 6.07 Å². The number of benzene rings is 1. The fourth-order valence-corrected chi connectivity index (χ4v) is 2.19. The molecule has 0 fully saturated rings. The van der Waals surface area contributed by atoms with Crippen LogP contribution in [0.4, 0.5) is 5.82 Å². The van der Waals surface area contributed by atoms with Crippen LogP contribution in [0, 0.1) is 18.3 Å². The quantitative estimate of drug-likeness (QED) is 0.888. The number of hydrogen-bond acceptors (Lipinski definition) is 4. The van der Waals surface area contributed by atoms with E-state index in [4.69, 9.17) is 5.26 Å². The highest BCUT2D eigenvalue weighted by Gasteiger charge is 2.03. The minimum Gasteiger partial charge on any atom is -0.366 e. The second-order valence-corrected chi connectivity index (χ2v) is 5.48. The smallest absolute Gasteiger partial charge is 0.145 e. The van der Waals surface area contributed by atoms with E-state index in [1.807, 2.05) is 19.1 Å². The molecule has 0 atom stereocenters. The molecule has 0 amide bonds. The third-order valence-corrected chi connectivity index (χ3v) is 3.66. The summed E-state index contributed by atoms with van der Waals surface area (Å²) in [5.74, 6) is 0.734. The average Bonchev–Trinajstić information content (AvgIpc) is 2.54. The average molecular weight is 294 g/mol. The van der Waals surface area contributed by atoms with E-state index in [1.54, 1.807) is 0 Å². The van der Waals surface area contributed by atoms with Crippen molar-refractivity contribution in [2.24, 2.45) is 0 Å². The molecule has 4 nitrogen and oxygen atoms in total. The zero-order valence-corrected chi connectivity index (χ0v) is 13.4. The van der Waals surface area contributed by atoms with Gasteiger partial charge in [0.15, 0.2) is 0 Å². The second-order valence-electron chi connectivity index (χ2n) is 5.48. The zero-order valence-electron chi connectivity index (χ0n) is 13.4. The van der Waals surface area contributed by atoms with E-state index in [-0.39, 0.29) is 0 Å². The summed E-state index contributed by atoms with van der Waals surface area (Å²) in [7, 11) is 2.12. The minimum atomic E-state index is 0.475. The monoisotopic (exact) mass is 294 g/mol. The maximum atomic E-state index is 9.03. The maximum Gasteiger partial charge on any atom is 0.145 e. The van der Waals surface area contributed by atoms with Gasteiger partial charge in [0.25, 0.3) is 0 Å². The number of nitrogens with zero attached hydrogens (tertiary/aromatic N) is 3. The number of anilines is 1. The van der Waals surface area contributed by atoms with Gasteiger partial charge in [-0.05, 0) is 43.3 Å². The molecule has 22 heavy (non-hydrogen) atoms. The van der Waals surface area contributed by atoms with Gasteiger partial charge >= 0.3 is 0 Å². The highest BCUT2D eigenvalue weighted by atomic mass is 15.1. The van der Waals surface area contributed by atoms with Crippen LogP contribution in [0.15, 0.2) is 36.4 Å². The lowest BCUT2D eigenvalue weighted by atomic mass is 10.1. The van der Waals surface area contributed by atoms with Crippen molar-refractivity contribution >= 4 is 5.82 Å². The highest BCUT2D eigenvalue weighted by Crippen LogP contribution is 2.12. The molecular formula is C18H22N4. The summed E-state index contributed by atoms with van der Waals surface area (Å²) in [5, 5.41) is 12.3. The molecule has 0 aliphatic carbocycles. The van der Waals surface area contributed by atoms with E-state index in [1.165, 1.54) is 11.1 Å².